The molecule has 5 heteroatoms. The highest BCUT2D eigenvalue weighted by atomic mass is 15.3. The highest BCUT2D eigenvalue weighted by Gasteiger charge is 2.13. The Labute approximate surface area is 101 Å². The number of nitrogens with one attached hydrogen (secondary N) is 1. The Balaban J connectivity index is 2.20. The minimum absolute atomic E-state index is 0.0535. The summed E-state index contributed by atoms with van der Waals surface area (Å²) in [5, 5.41) is 4.05. The molecule has 1 atom stereocenters. The van der Waals surface area contributed by atoms with E-state index in [0.29, 0.717) is 0 Å². The van der Waals surface area contributed by atoms with Gasteiger partial charge in [-0.3, -0.25) is 16.0 Å². The van der Waals surface area contributed by atoms with Gasteiger partial charge in [0, 0.05) is 13.5 Å². The van der Waals surface area contributed by atoms with Gasteiger partial charge in [0.05, 0.1) is 6.04 Å². The SMILES string of the molecule is Cc1cccc(C(Cc2ncnn2C)NN)c1. The van der Waals surface area contributed by atoms with Gasteiger partial charge in [-0.1, -0.05) is 29.8 Å². The maximum absolute atomic E-state index is 5.61. The Hall–Kier alpha value is -1.72. The molecule has 5 nitrogen and oxygen atoms in total. The van der Waals surface area contributed by atoms with Crippen LogP contribution in [0.5, 0.6) is 0 Å². The third-order valence-corrected chi connectivity index (χ3v) is 2.84. The monoisotopic (exact) mass is 231 g/mol. The summed E-state index contributed by atoms with van der Waals surface area (Å²) in [6, 6.07) is 8.35. The van der Waals surface area contributed by atoms with Crippen LogP contribution in [-0.4, -0.2) is 14.8 Å². The number of rotatable bonds is 4. The molecule has 0 bridgehead atoms. The number of nitrogens with zero attached hydrogens (tertiary/aromatic N) is 3. The molecule has 0 fully saturated rings. The Bertz CT molecular complexity index is 491. The quantitative estimate of drug-likeness (QED) is 0.605. The van der Waals surface area contributed by atoms with E-state index in [-0.39, 0.29) is 6.04 Å². The molecule has 90 valence electrons. The van der Waals surface area contributed by atoms with Gasteiger partial charge < -0.3 is 0 Å². The van der Waals surface area contributed by atoms with Gasteiger partial charge in [0.15, 0.2) is 0 Å². The zero-order valence-electron chi connectivity index (χ0n) is 10.1. The molecular weight excluding hydrogens is 214 g/mol. The van der Waals surface area contributed by atoms with Crippen LogP contribution in [0.15, 0.2) is 30.6 Å². The first-order valence-electron chi connectivity index (χ1n) is 5.56. The molecule has 0 spiro atoms. The molecule has 0 aliphatic rings. The van der Waals surface area contributed by atoms with Crippen molar-refractivity contribution in [1.82, 2.24) is 20.2 Å². The van der Waals surface area contributed by atoms with Crippen LogP contribution in [0, 0.1) is 6.92 Å². The van der Waals surface area contributed by atoms with Gasteiger partial charge in [0.2, 0.25) is 0 Å². The molecule has 17 heavy (non-hydrogen) atoms. The summed E-state index contributed by atoms with van der Waals surface area (Å²) in [5.74, 6) is 6.53. The molecular formula is C12H17N5. The number of aryl methyl sites for hydroxylation is 2. The summed E-state index contributed by atoms with van der Waals surface area (Å²) in [7, 11) is 1.88. The van der Waals surface area contributed by atoms with Crippen LogP contribution in [-0.2, 0) is 13.5 Å². The van der Waals surface area contributed by atoms with E-state index in [4.69, 9.17) is 5.84 Å². The van der Waals surface area contributed by atoms with E-state index in [1.165, 1.54) is 5.56 Å². The Morgan fingerprint density at radius 3 is 2.88 bits per heavy atom. The van der Waals surface area contributed by atoms with Gasteiger partial charge in [-0.25, -0.2) is 4.98 Å². The van der Waals surface area contributed by atoms with Crippen molar-refractivity contribution in [2.24, 2.45) is 12.9 Å². The molecule has 3 N–H and O–H groups in total. The van der Waals surface area contributed by atoms with Crippen LogP contribution in [0.1, 0.15) is 23.0 Å². The number of nitrogens with two attached hydrogens (primary N) is 1. The average molecular weight is 231 g/mol. The summed E-state index contributed by atoms with van der Waals surface area (Å²) >= 11 is 0. The minimum atomic E-state index is 0.0535. The fourth-order valence-electron chi connectivity index (χ4n) is 1.85. The molecule has 1 unspecified atom stereocenters. The summed E-state index contributed by atoms with van der Waals surface area (Å²) in [6.07, 6.45) is 2.27. The van der Waals surface area contributed by atoms with E-state index < -0.39 is 0 Å². The van der Waals surface area contributed by atoms with Gasteiger partial charge in [-0.2, -0.15) is 5.10 Å². The third kappa shape index (κ3) is 2.69. The van der Waals surface area contributed by atoms with Crippen LogP contribution in [0.25, 0.3) is 0 Å². The molecule has 1 aromatic carbocycles. The fraction of sp³-hybridized carbons (Fsp3) is 0.333. The van der Waals surface area contributed by atoms with Crippen LogP contribution < -0.4 is 11.3 Å². The second kappa shape index (κ2) is 5.07. The van der Waals surface area contributed by atoms with Gasteiger partial charge in [-0.15, -0.1) is 0 Å². The maximum atomic E-state index is 5.61. The number of aromatic nitrogens is 3. The van der Waals surface area contributed by atoms with Gasteiger partial charge >= 0.3 is 0 Å². The molecule has 0 saturated carbocycles. The fourth-order valence-corrected chi connectivity index (χ4v) is 1.85. The second-order valence-corrected chi connectivity index (χ2v) is 4.14. The normalized spacial score (nSPS) is 12.6. The van der Waals surface area contributed by atoms with Crippen molar-refractivity contribution >= 4 is 0 Å². The average Bonchev–Trinajstić information content (AvgIpc) is 2.71. The largest absolute Gasteiger partial charge is 0.271 e. The minimum Gasteiger partial charge on any atom is -0.271 e. The topological polar surface area (TPSA) is 68.8 Å². The van der Waals surface area contributed by atoms with Crippen molar-refractivity contribution in [3.8, 4) is 0 Å². The van der Waals surface area contributed by atoms with Crippen molar-refractivity contribution < 1.29 is 0 Å². The summed E-state index contributed by atoms with van der Waals surface area (Å²) in [5.41, 5.74) is 5.22. The highest BCUT2D eigenvalue weighted by Crippen LogP contribution is 2.17. The number of hydrogen-bond donors (Lipinski definition) is 2. The van der Waals surface area contributed by atoms with E-state index in [0.717, 1.165) is 17.8 Å². The zero-order chi connectivity index (χ0) is 12.3. The number of hydrazine groups is 1. The van der Waals surface area contributed by atoms with Crippen LogP contribution in [0.2, 0.25) is 0 Å². The molecule has 0 amide bonds. The van der Waals surface area contributed by atoms with E-state index in [9.17, 15) is 0 Å². The summed E-state index contributed by atoms with van der Waals surface area (Å²) in [4.78, 5) is 4.21. The van der Waals surface area contributed by atoms with Gasteiger partial charge in [0.25, 0.3) is 0 Å². The van der Waals surface area contributed by atoms with Crippen molar-refractivity contribution in [3.63, 3.8) is 0 Å². The van der Waals surface area contributed by atoms with Crippen LogP contribution in [0.4, 0.5) is 0 Å². The molecule has 0 saturated heterocycles. The Morgan fingerprint density at radius 1 is 1.47 bits per heavy atom. The lowest BCUT2D eigenvalue weighted by molar-refractivity contribution is 0.523. The first-order chi connectivity index (χ1) is 8.20. The summed E-state index contributed by atoms with van der Waals surface area (Å²) in [6.45, 7) is 2.07. The molecule has 2 rings (SSSR count). The Kier molecular flexibility index (Phi) is 3.51. The predicted octanol–water partition coefficient (Wildman–Crippen LogP) is 0.871. The number of benzene rings is 1. The first-order valence-corrected chi connectivity index (χ1v) is 5.56. The first kappa shape index (κ1) is 11.8. The van der Waals surface area contributed by atoms with Gasteiger partial charge in [-0.05, 0) is 12.5 Å². The van der Waals surface area contributed by atoms with Crippen molar-refractivity contribution in [3.05, 3.63) is 47.5 Å². The van der Waals surface area contributed by atoms with E-state index in [1.807, 2.05) is 13.1 Å². The molecule has 0 aliphatic carbocycles. The molecule has 2 aromatic rings. The van der Waals surface area contributed by atoms with Crippen LogP contribution >= 0.6 is 0 Å². The molecule has 1 aromatic heterocycles. The van der Waals surface area contributed by atoms with Crippen LogP contribution in [0.3, 0.4) is 0 Å². The lowest BCUT2D eigenvalue weighted by Gasteiger charge is -2.16. The van der Waals surface area contributed by atoms with E-state index in [2.05, 4.69) is 40.6 Å². The van der Waals surface area contributed by atoms with E-state index in [1.54, 1.807) is 11.0 Å². The highest BCUT2D eigenvalue weighted by molar-refractivity contribution is 5.25. The molecule has 0 radical (unpaired) electrons. The molecule has 1 heterocycles. The van der Waals surface area contributed by atoms with Crippen molar-refractivity contribution in [1.29, 1.82) is 0 Å². The summed E-state index contributed by atoms with van der Waals surface area (Å²) < 4.78 is 1.76. The van der Waals surface area contributed by atoms with Crippen molar-refractivity contribution in [2.75, 3.05) is 0 Å². The Morgan fingerprint density at radius 2 is 2.29 bits per heavy atom. The predicted molar refractivity (Wildman–Crippen MR) is 66.0 cm³/mol. The van der Waals surface area contributed by atoms with Gasteiger partial charge in [0.1, 0.15) is 12.2 Å². The zero-order valence-corrected chi connectivity index (χ0v) is 10.1. The standard InChI is InChI=1S/C12H17N5/c1-9-4-3-5-10(6-9)11(16-13)7-12-14-8-15-17(12)2/h3-6,8,11,16H,7,13H2,1-2H3. The smallest absolute Gasteiger partial charge is 0.138 e. The lowest BCUT2D eigenvalue weighted by Crippen LogP contribution is -2.30. The third-order valence-electron chi connectivity index (χ3n) is 2.84. The van der Waals surface area contributed by atoms with E-state index >= 15 is 0 Å². The van der Waals surface area contributed by atoms with Crippen molar-refractivity contribution in [2.45, 2.75) is 19.4 Å². The lowest BCUT2D eigenvalue weighted by atomic mass is 10.0. The maximum Gasteiger partial charge on any atom is 0.138 e. The molecule has 0 aliphatic heterocycles. The number of hydrogen-bond acceptors (Lipinski definition) is 4. The second-order valence-electron chi connectivity index (χ2n) is 4.14.